The molecule has 3 aliphatic rings. The second kappa shape index (κ2) is 2.70. The van der Waals surface area contributed by atoms with Crippen LogP contribution in [0.25, 0.3) is 0 Å². The lowest BCUT2D eigenvalue weighted by Crippen LogP contribution is -2.45. The van der Waals surface area contributed by atoms with Crippen molar-refractivity contribution in [2.75, 3.05) is 0 Å². The fraction of sp³-hybridized carbons (Fsp3) is 0.100. The Balaban J connectivity index is 2.33. The van der Waals surface area contributed by atoms with E-state index in [2.05, 4.69) is 10.2 Å². The summed E-state index contributed by atoms with van der Waals surface area (Å²) in [5, 5.41) is 19.1. The molecule has 2 aliphatic heterocycles. The van der Waals surface area contributed by atoms with Gasteiger partial charge in [0.05, 0.1) is 11.4 Å². The van der Waals surface area contributed by atoms with Crippen molar-refractivity contribution in [2.45, 2.75) is 0 Å². The predicted molar refractivity (Wildman–Crippen MR) is 58.9 cm³/mol. The van der Waals surface area contributed by atoms with Crippen LogP contribution in [0.15, 0.2) is 44.8 Å². The number of thioether (sulfide) groups is 1. The monoisotopic (exact) mass is 218 g/mol. The first-order valence-corrected chi connectivity index (χ1v) is 5.26. The molecule has 0 bridgehead atoms. The maximum Gasteiger partial charge on any atom is 0.327 e. The molecule has 0 aromatic rings. The third-order valence-corrected chi connectivity index (χ3v) is 3.62. The van der Waals surface area contributed by atoms with Crippen molar-refractivity contribution < 1.29 is 9.90 Å². The zero-order valence-corrected chi connectivity index (χ0v) is 8.36. The van der Waals surface area contributed by atoms with Gasteiger partial charge in [-0.3, -0.25) is 4.79 Å². The van der Waals surface area contributed by atoms with Crippen molar-refractivity contribution in [2.24, 2.45) is 15.6 Å². The molecule has 0 aromatic heterocycles. The van der Waals surface area contributed by atoms with E-state index in [1.165, 1.54) is 11.8 Å². The fourth-order valence-corrected chi connectivity index (χ4v) is 2.91. The number of carboxylic acids is 1. The normalized spacial score (nSPS) is 30.5. The molecule has 0 saturated carbocycles. The molecule has 3 rings (SSSR count). The molecule has 1 aliphatic carbocycles. The van der Waals surface area contributed by atoms with Crippen LogP contribution in [0.1, 0.15) is 0 Å². The molecule has 0 fully saturated rings. The number of aliphatic carboxylic acids is 1. The van der Waals surface area contributed by atoms with E-state index in [1.54, 1.807) is 18.2 Å². The molecule has 0 saturated heterocycles. The van der Waals surface area contributed by atoms with E-state index in [0.29, 0.717) is 11.4 Å². The predicted octanol–water partition coefficient (Wildman–Crippen LogP) is 1.58. The number of carbonyl (C=O) groups is 1. The maximum atomic E-state index is 11.5. The minimum Gasteiger partial charge on any atom is -0.480 e. The zero-order chi connectivity index (χ0) is 10.5. The quantitative estimate of drug-likeness (QED) is 0.726. The summed E-state index contributed by atoms with van der Waals surface area (Å²) in [7, 11) is 0. The van der Waals surface area contributed by atoms with Crippen LogP contribution in [0, 0.1) is 5.41 Å². The van der Waals surface area contributed by atoms with Crippen LogP contribution in [-0.4, -0.2) is 22.5 Å². The zero-order valence-electron chi connectivity index (χ0n) is 7.54. The summed E-state index contributed by atoms with van der Waals surface area (Å²) in [5.41, 5.74) is -0.132. The molecule has 1 atom stereocenters. The Hall–Kier alpha value is -1.62. The molecule has 5 heteroatoms. The van der Waals surface area contributed by atoms with Gasteiger partial charge in [0, 0.05) is 4.91 Å². The average Bonchev–Trinajstić information content (AvgIpc) is 2.61. The highest BCUT2D eigenvalue weighted by atomic mass is 32.2. The van der Waals surface area contributed by atoms with Gasteiger partial charge in [0.1, 0.15) is 0 Å². The van der Waals surface area contributed by atoms with Gasteiger partial charge in [-0.25, -0.2) is 0 Å². The van der Waals surface area contributed by atoms with Crippen LogP contribution in [0.3, 0.4) is 0 Å². The Labute approximate surface area is 89.8 Å². The van der Waals surface area contributed by atoms with Crippen molar-refractivity contribution in [1.82, 2.24) is 0 Å². The molecule has 1 unspecified atom stereocenters. The molecule has 0 amide bonds. The summed E-state index contributed by atoms with van der Waals surface area (Å²) in [6.07, 6.45) is 7.03. The standard InChI is InChI=1S/C10H6N2O2S/c13-9(14)10-6-2-1-3-8(10)15-5-4-7(10)12-11-6/h1-5H,(H,13,14). The summed E-state index contributed by atoms with van der Waals surface area (Å²) < 4.78 is 0. The minimum atomic E-state index is -1.13. The lowest BCUT2D eigenvalue weighted by molar-refractivity contribution is -0.140. The SMILES string of the molecule is O=C(O)C12C3=CC=CC1=NN=C2C=CS3. The number of hydrogen-bond donors (Lipinski definition) is 1. The summed E-state index contributed by atoms with van der Waals surface area (Å²) in [6, 6.07) is 0. The molecule has 74 valence electrons. The summed E-state index contributed by atoms with van der Waals surface area (Å²) in [4.78, 5) is 12.2. The molecule has 4 nitrogen and oxygen atoms in total. The number of carboxylic acid groups (broad SMARTS) is 1. The van der Waals surface area contributed by atoms with Gasteiger partial charge in [0.15, 0.2) is 5.41 Å². The van der Waals surface area contributed by atoms with Crippen molar-refractivity contribution in [3.05, 3.63) is 34.6 Å². The lowest BCUT2D eigenvalue weighted by atomic mass is 9.75. The first kappa shape index (κ1) is 8.67. The third kappa shape index (κ3) is 0.860. The smallest absolute Gasteiger partial charge is 0.327 e. The maximum absolute atomic E-state index is 11.5. The molecule has 2 heterocycles. The fourth-order valence-electron chi connectivity index (χ4n) is 1.93. The number of nitrogens with zero attached hydrogens (tertiary/aromatic N) is 2. The van der Waals surface area contributed by atoms with Crippen LogP contribution < -0.4 is 0 Å². The van der Waals surface area contributed by atoms with Gasteiger partial charge in [-0.1, -0.05) is 12.2 Å². The van der Waals surface area contributed by atoms with Crippen LogP contribution in [0.5, 0.6) is 0 Å². The van der Waals surface area contributed by atoms with E-state index in [4.69, 9.17) is 0 Å². The average molecular weight is 218 g/mol. The second-order valence-corrected chi connectivity index (χ2v) is 4.28. The highest BCUT2D eigenvalue weighted by molar-refractivity contribution is 8.06. The Morgan fingerprint density at radius 2 is 2.07 bits per heavy atom. The van der Waals surface area contributed by atoms with Gasteiger partial charge in [-0.15, -0.1) is 11.8 Å². The van der Waals surface area contributed by atoms with Gasteiger partial charge in [-0.2, -0.15) is 10.2 Å². The molecule has 0 radical (unpaired) electrons. The van der Waals surface area contributed by atoms with Gasteiger partial charge in [0.25, 0.3) is 0 Å². The largest absolute Gasteiger partial charge is 0.480 e. The van der Waals surface area contributed by atoms with Crippen molar-refractivity contribution in [3.8, 4) is 0 Å². The molecular weight excluding hydrogens is 212 g/mol. The van der Waals surface area contributed by atoms with Gasteiger partial charge >= 0.3 is 5.97 Å². The molecule has 0 spiro atoms. The Bertz CT molecular complexity index is 514. The first-order chi connectivity index (χ1) is 7.26. The Kier molecular flexibility index (Phi) is 1.56. The van der Waals surface area contributed by atoms with Crippen LogP contribution in [-0.2, 0) is 4.79 Å². The van der Waals surface area contributed by atoms with E-state index in [0.717, 1.165) is 4.91 Å². The van der Waals surface area contributed by atoms with E-state index in [9.17, 15) is 9.90 Å². The number of hydrogen-bond acceptors (Lipinski definition) is 4. The van der Waals surface area contributed by atoms with Crippen LogP contribution in [0.4, 0.5) is 0 Å². The van der Waals surface area contributed by atoms with Crippen molar-refractivity contribution in [1.29, 1.82) is 0 Å². The highest BCUT2D eigenvalue weighted by Crippen LogP contribution is 2.47. The topological polar surface area (TPSA) is 62.0 Å². The molecular formula is C10H6N2O2S. The minimum absolute atomic E-state index is 0.499. The third-order valence-electron chi connectivity index (χ3n) is 2.65. The number of rotatable bonds is 1. The van der Waals surface area contributed by atoms with E-state index < -0.39 is 11.4 Å². The Morgan fingerprint density at radius 1 is 1.33 bits per heavy atom. The second-order valence-electron chi connectivity index (χ2n) is 3.34. The molecule has 1 N–H and O–H groups in total. The lowest BCUT2D eigenvalue weighted by Gasteiger charge is -2.31. The van der Waals surface area contributed by atoms with Gasteiger partial charge < -0.3 is 5.11 Å². The van der Waals surface area contributed by atoms with Crippen molar-refractivity contribution in [3.63, 3.8) is 0 Å². The summed E-state index contributed by atoms with van der Waals surface area (Å²) in [6.45, 7) is 0. The van der Waals surface area contributed by atoms with Gasteiger partial charge in [-0.05, 0) is 17.6 Å². The van der Waals surface area contributed by atoms with Crippen LogP contribution >= 0.6 is 11.8 Å². The summed E-state index contributed by atoms with van der Waals surface area (Å²) >= 11 is 1.41. The summed E-state index contributed by atoms with van der Waals surface area (Å²) in [5.74, 6) is -0.912. The highest BCUT2D eigenvalue weighted by Gasteiger charge is 2.55. The van der Waals surface area contributed by atoms with E-state index in [1.807, 2.05) is 11.5 Å². The first-order valence-electron chi connectivity index (χ1n) is 4.38. The molecule has 0 aromatic carbocycles. The van der Waals surface area contributed by atoms with E-state index >= 15 is 0 Å². The van der Waals surface area contributed by atoms with Crippen molar-refractivity contribution >= 4 is 29.2 Å². The number of allylic oxidation sites excluding steroid dienone is 4. The Morgan fingerprint density at radius 3 is 2.80 bits per heavy atom. The van der Waals surface area contributed by atoms with Gasteiger partial charge in [0.2, 0.25) is 0 Å². The van der Waals surface area contributed by atoms with E-state index in [-0.39, 0.29) is 0 Å². The molecule has 15 heavy (non-hydrogen) atoms. The van der Waals surface area contributed by atoms with Crippen LogP contribution in [0.2, 0.25) is 0 Å².